The van der Waals surface area contributed by atoms with Crippen LogP contribution >= 0.6 is 11.8 Å². The monoisotopic (exact) mass is 196 g/mol. The smallest absolute Gasteiger partial charge is 0.0957 e. The molecule has 1 unspecified atom stereocenters. The Bertz CT molecular complexity index is 246. The van der Waals surface area contributed by atoms with Crippen molar-refractivity contribution < 1.29 is 0 Å². The molecule has 13 heavy (non-hydrogen) atoms. The first-order valence-corrected chi connectivity index (χ1v) is 5.73. The highest BCUT2D eigenvalue weighted by molar-refractivity contribution is 7.98. The second kappa shape index (κ2) is 5.25. The molecule has 0 spiro atoms. The molecule has 2 N–H and O–H groups in total. The first-order valence-electron chi connectivity index (χ1n) is 4.50. The molecule has 0 radical (unpaired) electrons. The quantitative estimate of drug-likeness (QED) is 0.749. The van der Waals surface area contributed by atoms with Crippen LogP contribution < -0.4 is 5.73 Å². The largest absolute Gasteiger partial charge is 0.327 e. The van der Waals surface area contributed by atoms with Crippen LogP contribution in [0.1, 0.15) is 18.9 Å². The molecule has 0 bridgehead atoms. The van der Waals surface area contributed by atoms with Gasteiger partial charge in [-0.15, -0.1) is 11.8 Å². The number of pyridine rings is 1. The van der Waals surface area contributed by atoms with Gasteiger partial charge in [-0.3, -0.25) is 0 Å². The standard InChI is InChI=1S/C10H16N2S/c1-3-9(11)6-8-4-5-10(13-2)12-7-8/h4-5,7,9H,3,6,11H2,1-2H3. The lowest BCUT2D eigenvalue weighted by molar-refractivity contribution is 0.644. The topological polar surface area (TPSA) is 38.9 Å². The number of nitrogens with two attached hydrogens (primary N) is 1. The third-order valence-corrected chi connectivity index (χ3v) is 2.69. The van der Waals surface area contributed by atoms with Gasteiger partial charge in [0, 0.05) is 12.2 Å². The molecule has 0 aliphatic heterocycles. The maximum absolute atomic E-state index is 5.84. The second-order valence-corrected chi connectivity index (χ2v) is 3.91. The fraction of sp³-hybridized carbons (Fsp3) is 0.500. The fourth-order valence-electron chi connectivity index (χ4n) is 1.10. The summed E-state index contributed by atoms with van der Waals surface area (Å²) in [5.41, 5.74) is 7.07. The van der Waals surface area contributed by atoms with Gasteiger partial charge >= 0.3 is 0 Å². The van der Waals surface area contributed by atoms with E-state index in [1.54, 1.807) is 11.8 Å². The van der Waals surface area contributed by atoms with Crippen molar-refractivity contribution in [3.63, 3.8) is 0 Å². The summed E-state index contributed by atoms with van der Waals surface area (Å²) in [7, 11) is 0. The minimum atomic E-state index is 0.266. The number of thioether (sulfide) groups is 1. The highest BCUT2D eigenvalue weighted by Crippen LogP contribution is 2.12. The minimum Gasteiger partial charge on any atom is -0.327 e. The highest BCUT2D eigenvalue weighted by atomic mass is 32.2. The molecule has 0 saturated heterocycles. The van der Waals surface area contributed by atoms with E-state index in [0.717, 1.165) is 17.9 Å². The average molecular weight is 196 g/mol. The molecule has 1 atom stereocenters. The van der Waals surface area contributed by atoms with Crippen molar-refractivity contribution in [2.75, 3.05) is 6.26 Å². The van der Waals surface area contributed by atoms with Gasteiger partial charge < -0.3 is 5.73 Å². The van der Waals surface area contributed by atoms with E-state index >= 15 is 0 Å². The molecule has 0 fully saturated rings. The van der Waals surface area contributed by atoms with Gasteiger partial charge in [0.15, 0.2) is 0 Å². The summed E-state index contributed by atoms with van der Waals surface area (Å²) < 4.78 is 0. The number of aromatic nitrogens is 1. The molecule has 1 heterocycles. The van der Waals surface area contributed by atoms with Crippen molar-refractivity contribution >= 4 is 11.8 Å². The van der Waals surface area contributed by atoms with Gasteiger partial charge in [0.2, 0.25) is 0 Å². The van der Waals surface area contributed by atoms with Crippen molar-refractivity contribution in [3.05, 3.63) is 23.9 Å². The summed E-state index contributed by atoms with van der Waals surface area (Å²) in [6, 6.07) is 4.42. The van der Waals surface area contributed by atoms with Crippen LogP contribution in [0.4, 0.5) is 0 Å². The molecule has 0 saturated carbocycles. The predicted octanol–water partition coefficient (Wildman–Crippen LogP) is 2.08. The van der Waals surface area contributed by atoms with E-state index in [9.17, 15) is 0 Å². The van der Waals surface area contributed by atoms with Gasteiger partial charge in [0.05, 0.1) is 5.03 Å². The Balaban J connectivity index is 2.58. The first-order chi connectivity index (χ1) is 6.26. The van der Waals surface area contributed by atoms with Gasteiger partial charge in [-0.1, -0.05) is 13.0 Å². The molecule has 1 aromatic heterocycles. The summed E-state index contributed by atoms with van der Waals surface area (Å²) in [5, 5.41) is 1.06. The summed E-state index contributed by atoms with van der Waals surface area (Å²) in [5.74, 6) is 0. The third kappa shape index (κ3) is 3.36. The Morgan fingerprint density at radius 1 is 1.54 bits per heavy atom. The van der Waals surface area contributed by atoms with Gasteiger partial charge in [-0.2, -0.15) is 0 Å². The van der Waals surface area contributed by atoms with Crippen molar-refractivity contribution in [3.8, 4) is 0 Å². The van der Waals surface area contributed by atoms with Crippen LogP contribution in [0.2, 0.25) is 0 Å². The number of rotatable bonds is 4. The maximum atomic E-state index is 5.84. The minimum absolute atomic E-state index is 0.266. The van der Waals surface area contributed by atoms with Crippen LogP contribution in [-0.4, -0.2) is 17.3 Å². The predicted molar refractivity (Wildman–Crippen MR) is 58.0 cm³/mol. The van der Waals surface area contributed by atoms with Crippen molar-refractivity contribution in [2.24, 2.45) is 5.73 Å². The lowest BCUT2D eigenvalue weighted by atomic mass is 10.1. The van der Waals surface area contributed by atoms with E-state index in [-0.39, 0.29) is 6.04 Å². The Morgan fingerprint density at radius 3 is 2.77 bits per heavy atom. The molecular formula is C10H16N2S. The SMILES string of the molecule is CCC(N)Cc1ccc(SC)nc1. The Hall–Kier alpha value is -0.540. The zero-order chi connectivity index (χ0) is 9.68. The van der Waals surface area contributed by atoms with Crippen LogP contribution in [0.5, 0.6) is 0 Å². The molecule has 0 amide bonds. The van der Waals surface area contributed by atoms with E-state index in [1.807, 2.05) is 18.5 Å². The average Bonchev–Trinajstić information content (AvgIpc) is 2.19. The third-order valence-electron chi connectivity index (χ3n) is 2.03. The van der Waals surface area contributed by atoms with E-state index < -0.39 is 0 Å². The van der Waals surface area contributed by atoms with Crippen molar-refractivity contribution in [1.82, 2.24) is 4.98 Å². The summed E-state index contributed by atoms with van der Waals surface area (Å²) >= 11 is 1.66. The second-order valence-electron chi connectivity index (χ2n) is 3.08. The van der Waals surface area contributed by atoms with Gasteiger partial charge in [-0.25, -0.2) is 4.98 Å². The Kier molecular flexibility index (Phi) is 4.25. The fourth-order valence-corrected chi connectivity index (χ4v) is 1.46. The van der Waals surface area contributed by atoms with Crippen LogP contribution in [-0.2, 0) is 6.42 Å². The summed E-state index contributed by atoms with van der Waals surface area (Å²) in [4.78, 5) is 4.29. The number of hydrogen-bond acceptors (Lipinski definition) is 3. The van der Waals surface area contributed by atoms with Crippen LogP contribution in [0.3, 0.4) is 0 Å². The molecule has 0 aliphatic carbocycles. The Morgan fingerprint density at radius 2 is 2.31 bits per heavy atom. The van der Waals surface area contributed by atoms with Crippen LogP contribution in [0, 0.1) is 0 Å². The van der Waals surface area contributed by atoms with Gasteiger partial charge in [-0.05, 0) is 30.7 Å². The van der Waals surface area contributed by atoms with Crippen LogP contribution in [0.25, 0.3) is 0 Å². The normalized spacial score (nSPS) is 12.8. The zero-order valence-electron chi connectivity index (χ0n) is 8.16. The molecule has 0 aliphatic rings. The van der Waals surface area contributed by atoms with E-state index in [2.05, 4.69) is 18.0 Å². The number of nitrogens with zero attached hydrogens (tertiary/aromatic N) is 1. The molecule has 72 valence electrons. The highest BCUT2D eigenvalue weighted by Gasteiger charge is 2.01. The van der Waals surface area contributed by atoms with E-state index in [0.29, 0.717) is 0 Å². The van der Waals surface area contributed by atoms with Gasteiger partial charge in [0.1, 0.15) is 0 Å². The molecule has 0 aromatic carbocycles. The molecule has 1 aromatic rings. The zero-order valence-corrected chi connectivity index (χ0v) is 8.97. The van der Waals surface area contributed by atoms with Gasteiger partial charge in [0.25, 0.3) is 0 Å². The van der Waals surface area contributed by atoms with E-state index in [4.69, 9.17) is 5.73 Å². The Labute approximate surface area is 83.9 Å². The molecule has 2 nitrogen and oxygen atoms in total. The number of hydrogen-bond donors (Lipinski definition) is 1. The lowest BCUT2D eigenvalue weighted by Gasteiger charge is -2.07. The lowest BCUT2D eigenvalue weighted by Crippen LogP contribution is -2.21. The molecular weight excluding hydrogens is 180 g/mol. The van der Waals surface area contributed by atoms with Crippen molar-refractivity contribution in [1.29, 1.82) is 0 Å². The van der Waals surface area contributed by atoms with Crippen molar-refractivity contribution in [2.45, 2.75) is 30.8 Å². The summed E-state index contributed by atoms with van der Waals surface area (Å²) in [6.45, 7) is 2.11. The molecule has 1 rings (SSSR count). The van der Waals surface area contributed by atoms with E-state index in [1.165, 1.54) is 5.56 Å². The molecule has 3 heteroatoms. The first kappa shape index (κ1) is 10.5. The maximum Gasteiger partial charge on any atom is 0.0957 e. The summed E-state index contributed by atoms with van der Waals surface area (Å²) in [6.07, 6.45) is 5.89. The van der Waals surface area contributed by atoms with Crippen LogP contribution in [0.15, 0.2) is 23.4 Å².